The van der Waals surface area contributed by atoms with Crippen LogP contribution in [0.5, 0.6) is 0 Å². The van der Waals surface area contributed by atoms with Crippen molar-refractivity contribution in [3.05, 3.63) is 48.0 Å². The van der Waals surface area contributed by atoms with Gasteiger partial charge in [0, 0.05) is 44.0 Å². The van der Waals surface area contributed by atoms with Crippen LogP contribution < -0.4 is 0 Å². The van der Waals surface area contributed by atoms with Crippen molar-refractivity contribution < 1.29 is 9.59 Å². The predicted molar refractivity (Wildman–Crippen MR) is 99.2 cm³/mol. The highest BCUT2D eigenvalue weighted by atomic mass is 16.2. The number of benzene rings is 1. The van der Waals surface area contributed by atoms with Crippen molar-refractivity contribution in [3.63, 3.8) is 0 Å². The van der Waals surface area contributed by atoms with Crippen molar-refractivity contribution >= 4 is 22.8 Å². The molecule has 0 radical (unpaired) electrons. The Morgan fingerprint density at radius 1 is 1.14 bits per heavy atom. The predicted octanol–water partition coefficient (Wildman–Crippen LogP) is 1.04. The molecule has 2 saturated heterocycles. The van der Waals surface area contributed by atoms with Gasteiger partial charge in [0.15, 0.2) is 0 Å². The summed E-state index contributed by atoms with van der Waals surface area (Å²) >= 11 is 0. The average Bonchev–Trinajstić information content (AvgIpc) is 3.30. The molecule has 0 spiro atoms. The largest absolute Gasteiger partial charge is 0.337 e. The number of hydrogen-bond donors (Lipinski definition) is 0. The molecule has 9 nitrogen and oxygen atoms in total. The third kappa shape index (κ3) is 2.98. The van der Waals surface area contributed by atoms with Gasteiger partial charge in [0.2, 0.25) is 5.91 Å². The van der Waals surface area contributed by atoms with Crippen LogP contribution in [-0.2, 0) is 11.3 Å². The molecule has 9 heteroatoms. The van der Waals surface area contributed by atoms with Crippen LogP contribution in [0, 0.1) is 0 Å². The molecule has 0 saturated carbocycles. The molecule has 2 aromatic heterocycles. The second-order valence-corrected chi connectivity index (χ2v) is 7.23. The fourth-order valence-corrected chi connectivity index (χ4v) is 3.70. The number of hydrogen-bond acceptors (Lipinski definition) is 6. The van der Waals surface area contributed by atoms with Gasteiger partial charge in [-0.25, -0.2) is 4.68 Å². The van der Waals surface area contributed by atoms with E-state index in [9.17, 15) is 9.59 Å². The third-order valence-corrected chi connectivity index (χ3v) is 5.32. The van der Waals surface area contributed by atoms with Gasteiger partial charge in [0.25, 0.3) is 5.91 Å². The Labute approximate surface area is 161 Å². The molecule has 3 aromatic rings. The standard InChI is InChI=1S/C19H19N7O2/c27-18-2-1-7-24(18)9-14-10-26(23-22-14)15-11-25(12-15)19(28)13-3-4-16-17(8-13)21-6-5-20-16/h3-6,8,10,15H,1-2,7,9,11-12H2. The number of amides is 2. The van der Waals surface area contributed by atoms with Crippen molar-refractivity contribution in [2.45, 2.75) is 25.4 Å². The number of rotatable bonds is 4. The van der Waals surface area contributed by atoms with Crippen molar-refractivity contribution in [2.75, 3.05) is 19.6 Å². The number of carbonyl (C=O) groups excluding carboxylic acids is 2. The summed E-state index contributed by atoms with van der Waals surface area (Å²) in [7, 11) is 0. The lowest BCUT2D eigenvalue weighted by atomic mass is 10.1. The van der Waals surface area contributed by atoms with E-state index in [1.807, 2.05) is 17.2 Å². The molecule has 2 fully saturated rings. The van der Waals surface area contributed by atoms with Gasteiger partial charge < -0.3 is 9.80 Å². The number of fused-ring (bicyclic) bond motifs is 1. The van der Waals surface area contributed by atoms with Crippen LogP contribution >= 0.6 is 0 Å². The van der Waals surface area contributed by atoms with Gasteiger partial charge in [0.1, 0.15) is 5.69 Å². The number of aromatic nitrogens is 5. The maximum absolute atomic E-state index is 12.7. The minimum absolute atomic E-state index is 0.0215. The van der Waals surface area contributed by atoms with Gasteiger partial charge in [-0.15, -0.1) is 5.10 Å². The molecule has 142 valence electrons. The van der Waals surface area contributed by atoms with Gasteiger partial charge >= 0.3 is 0 Å². The van der Waals surface area contributed by atoms with Crippen LogP contribution in [0.15, 0.2) is 36.8 Å². The van der Waals surface area contributed by atoms with E-state index >= 15 is 0 Å². The fourth-order valence-electron chi connectivity index (χ4n) is 3.70. The SMILES string of the molecule is O=C1CCCN1Cc1cn(C2CN(C(=O)c3ccc4nccnc4c3)C2)nn1. The summed E-state index contributed by atoms with van der Waals surface area (Å²) in [6.45, 7) is 2.46. The van der Waals surface area contributed by atoms with E-state index in [1.54, 1.807) is 34.1 Å². The summed E-state index contributed by atoms with van der Waals surface area (Å²) in [5.41, 5.74) is 2.88. The Morgan fingerprint density at radius 2 is 1.96 bits per heavy atom. The van der Waals surface area contributed by atoms with E-state index < -0.39 is 0 Å². The maximum Gasteiger partial charge on any atom is 0.254 e. The van der Waals surface area contributed by atoms with Crippen molar-refractivity contribution in [1.29, 1.82) is 0 Å². The molecule has 0 bridgehead atoms. The van der Waals surface area contributed by atoms with Gasteiger partial charge in [-0.3, -0.25) is 19.6 Å². The first-order chi connectivity index (χ1) is 13.7. The summed E-state index contributed by atoms with van der Waals surface area (Å²) < 4.78 is 1.80. The molecule has 4 heterocycles. The highest BCUT2D eigenvalue weighted by Gasteiger charge is 2.33. The Kier molecular flexibility index (Phi) is 4.00. The van der Waals surface area contributed by atoms with Crippen LogP contribution in [0.1, 0.15) is 34.9 Å². The van der Waals surface area contributed by atoms with E-state index in [-0.39, 0.29) is 17.9 Å². The first kappa shape index (κ1) is 16.8. The zero-order valence-electron chi connectivity index (χ0n) is 15.2. The van der Waals surface area contributed by atoms with Crippen LogP contribution in [0.4, 0.5) is 0 Å². The molecule has 28 heavy (non-hydrogen) atoms. The maximum atomic E-state index is 12.7. The Bertz CT molecular complexity index is 1060. The first-order valence-electron chi connectivity index (χ1n) is 9.36. The van der Waals surface area contributed by atoms with Gasteiger partial charge in [-0.05, 0) is 24.6 Å². The molecule has 1 aromatic carbocycles. The molecular formula is C19H19N7O2. The molecule has 2 aliphatic rings. The monoisotopic (exact) mass is 377 g/mol. The second-order valence-electron chi connectivity index (χ2n) is 7.23. The van der Waals surface area contributed by atoms with E-state index in [0.29, 0.717) is 37.1 Å². The molecule has 0 N–H and O–H groups in total. The smallest absolute Gasteiger partial charge is 0.254 e. The molecule has 2 amide bonds. The number of nitrogens with zero attached hydrogens (tertiary/aromatic N) is 7. The zero-order chi connectivity index (χ0) is 19.1. The van der Waals surface area contributed by atoms with Crippen LogP contribution in [0.3, 0.4) is 0 Å². The third-order valence-electron chi connectivity index (χ3n) is 5.32. The normalized spacial score (nSPS) is 17.4. The summed E-state index contributed by atoms with van der Waals surface area (Å²) in [5, 5.41) is 8.36. The molecular weight excluding hydrogens is 358 g/mol. The highest BCUT2D eigenvalue weighted by molar-refractivity contribution is 5.97. The van der Waals surface area contributed by atoms with Crippen molar-refractivity contribution in [2.24, 2.45) is 0 Å². The van der Waals surface area contributed by atoms with Crippen LogP contribution in [-0.4, -0.2) is 66.2 Å². The summed E-state index contributed by atoms with van der Waals surface area (Å²) in [6, 6.07) is 5.49. The van der Waals surface area contributed by atoms with Gasteiger partial charge in [-0.2, -0.15) is 0 Å². The topological polar surface area (TPSA) is 97.1 Å². The number of likely N-dealkylation sites (tertiary alicyclic amines) is 2. The van der Waals surface area contributed by atoms with E-state index in [1.165, 1.54) is 0 Å². The first-order valence-corrected chi connectivity index (χ1v) is 9.36. The van der Waals surface area contributed by atoms with Crippen molar-refractivity contribution in [1.82, 2.24) is 34.8 Å². The summed E-state index contributed by atoms with van der Waals surface area (Å²) in [5.74, 6) is 0.154. The van der Waals surface area contributed by atoms with E-state index in [2.05, 4.69) is 20.3 Å². The lowest BCUT2D eigenvalue weighted by molar-refractivity contribution is -0.128. The lowest BCUT2D eigenvalue weighted by Gasteiger charge is -2.38. The Balaban J connectivity index is 1.22. The van der Waals surface area contributed by atoms with Crippen molar-refractivity contribution in [3.8, 4) is 0 Å². The lowest BCUT2D eigenvalue weighted by Crippen LogP contribution is -2.50. The summed E-state index contributed by atoms with van der Waals surface area (Å²) in [4.78, 5) is 36.5. The second kappa shape index (κ2) is 6.66. The Hall–Kier alpha value is -3.36. The van der Waals surface area contributed by atoms with E-state index in [4.69, 9.17) is 0 Å². The molecule has 0 atom stereocenters. The van der Waals surface area contributed by atoms with E-state index in [0.717, 1.165) is 24.2 Å². The van der Waals surface area contributed by atoms with Crippen LogP contribution in [0.25, 0.3) is 11.0 Å². The molecule has 0 aliphatic carbocycles. The number of carbonyl (C=O) groups is 2. The molecule has 5 rings (SSSR count). The minimum Gasteiger partial charge on any atom is -0.337 e. The highest BCUT2D eigenvalue weighted by Crippen LogP contribution is 2.24. The minimum atomic E-state index is -0.0215. The average molecular weight is 377 g/mol. The molecule has 0 unspecified atom stereocenters. The Morgan fingerprint density at radius 3 is 2.75 bits per heavy atom. The summed E-state index contributed by atoms with van der Waals surface area (Å²) in [6.07, 6.45) is 6.66. The quantitative estimate of drug-likeness (QED) is 0.674. The molecule has 2 aliphatic heterocycles. The fraction of sp³-hybridized carbons (Fsp3) is 0.368. The van der Waals surface area contributed by atoms with Gasteiger partial charge in [-0.1, -0.05) is 5.21 Å². The van der Waals surface area contributed by atoms with Crippen LogP contribution in [0.2, 0.25) is 0 Å². The zero-order valence-corrected chi connectivity index (χ0v) is 15.2. The van der Waals surface area contributed by atoms with Gasteiger partial charge in [0.05, 0.1) is 29.8 Å².